The fourth-order valence-corrected chi connectivity index (χ4v) is 3.53. The van der Waals surface area contributed by atoms with E-state index in [0.717, 1.165) is 57.0 Å². The van der Waals surface area contributed by atoms with Gasteiger partial charge in [0.05, 0.1) is 17.6 Å². The summed E-state index contributed by atoms with van der Waals surface area (Å²) in [7, 11) is 0. The molecule has 0 saturated carbocycles. The van der Waals surface area contributed by atoms with E-state index in [1.807, 2.05) is 6.26 Å². The molecule has 7 heteroatoms. The van der Waals surface area contributed by atoms with Crippen molar-refractivity contribution in [2.24, 2.45) is 5.92 Å². The molecule has 0 amide bonds. The molecule has 0 aliphatic carbocycles. The minimum absolute atomic E-state index is 0.366. The molecule has 0 aromatic rings. The molecule has 2 rings (SSSR count). The van der Waals surface area contributed by atoms with Gasteiger partial charge in [-0.2, -0.15) is 0 Å². The summed E-state index contributed by atoms with van der Waals surface area (Å²) >= 11 is 1.45. The second-order valence-corrected chi connectivity index (χ2v) is 6.32. The molecule has 0 N–H and O–H groups in total. The highest BCUT2D eigenvalue weighted by Crippen LogP contribution is 2.23. The highest BCUT2D eigenvalue weighted by atomic mass is 32.2. The highest BCUT2D eigenvalue weighted by Gasteiger charge is 2.26. The molecule has 0 aromatic carbocycles. The Bertz CT molecular complexity index is 370. The lowest BCUT2D eigenvalue weighted by Crippen LogP contribution is -2.47. The van der Waals surface area contributed by atoms with E-state index in [9.17, 15) is 10.1 Å². The Kier molecular flexibility index (Phi) is 5.68. The van der Waals surface area contributed by atoms with Gasteiger partial charge in [0.1, 0.15) is 5.03 Å². The van der Waals surface area contributed by atoms with Gasteiger partial charge >= 0.3 is 0 Å². The summed E-state index contributed by atoms with van der Waals surface area (Å²) in [6.07, 6.45) is 4.55. The zero-order chi connectivity index (χ0) is 14.5. The van der Waals surface area contributed by atoms with Gasteiger partial charge in [0, 0.05) is 32.7 Å². The van der Waals surface area contributed by atoms with Crippen LogP contribution in [0.15, 0.2) is 11.2 Å². The summed E-state index contributed by atoms with van der Waals surface area (Å²) < 4.78 is 5.60. The van der Waals surface area contributed by atoms with Crippen LogP contribution in [0.25, 0.3) is 0 Å². The maximum Gasteiger partial charge on any atom is 0.264 e. The number of ether oxygens (including phenoxy) is 1. The summed E-state index contributed by atoms with van der Waals surface area (Å²) in [6.45, 7) is 7.77. The third kappa shape index (κ3) is 4.36. The van der Waals surface area contributed by atoms with Gasteiger partial charge in [-0.25, -0.2) is 0 Å². The number of hydrogen-bond acceptors (Lipinski definition) is 6. The molecule has 2 unspecified atom stereocenters. The van der Waals surface area contributed by atoms with Gasteiger partial charge < -0.3 is 9.64 Å². The molecule has 2 atom stereocenters. The number of nitrogens with zero attached hydrogens (tertiary/aromatic N) is 3. The van der Waals surface area contributed by atoms with Crippen LogP contribution in [0.4, 0.5) is 0 Å². The molecule has 0 bridgehead atoms. The number of thioether (sulfide) groups is 1. The highest BCUT2D eigenvalue weighted by molar-refractivity contribution is 8.02. The topological polar surface area (TPSA) is 58.9 Å². The SMILES string of the molecule is CSC(=C[N+](=O)[O-])N1CCN(CC2COC(C)C2)CC1. The first-order valence-electron chi connectivity index (χ1n) is 7.06. The average molecular weight is 301 g/mol. The second kappa shape index (κ2) is 7.28. The molecule has 2 aliphatic heterocycles. The number of rotatable bonds is 5. The quantitative estimate of drug-likeness (QED) is 0.566. The third-order valence-electron chi connectivity index (χ3n) is 3.91. The Morgan fingerprint density at radius 1 is 1.45 bits per heavy atom. The Hall–Kier alpha value is -0.790. The lowest BCUT2D eigenvalue weighted by molar-refractivity contribution is -0.403. The van der Waals surface area contributed by atoms with E-state index < -0.39 is 0 Å². The summed E-state index contributed by atoms with van der Waals surface area (Å²) in [5, 5.41) is 11.4. The van der Waals surface area contributed by atoms with Gasteiger partial charge in [0.15, 0.2) is 0 Å². The molecule has 6 nitrogen and oxygen atoms in total. The zero-order valence-electron chi connectivity index (χ0n) is 12.2. The minimum atomic E-state index is -0.366. The molecule has 0 radical (unpaired) electrons. The van der Waals surface area contributed by atoms with Gasteiger partial charge in [-0.05, 0) is 25.5 Å². The molecule has 2 saturated heterocycles. The predicted molar refractivity (Wildman–Crippen MR) is 80.1 cm³/mol. The van der Waals surface area contributed by atoms with E-state index in [2.05, 4.69) is 16.7 Å². The van der Waals surface area contributed by atoms with E-state index in [1.165, 1.54) is 11.8 Å². The largest absolute Gasteiger partial charge is 0.378 e. The van der Waals surface area contributed by atoms with Gasteiger partial charge in [-0.15, -0.1) is 11.8 Å². The smallest absolute Gasteiger partial charge is 0.264 e. The number of nitro groups is 1. The van der Waals surface area contributed by atoms with Crippen molar-refractivity contribution >= 4 is 11.8 Å². The molecular formula is C13H23N3O3S. The van der Waals surface area contributed by atoms with E-state index in [-0.39, 0.29) is 4.92 Å². The Balaban J connectivity index is 1.78. The van der Waals surface area contributed by atoms with E-state index in [0.29, 0.717) is 12.0 Å². The van der Waals surface area contributed by atoms with Crippen molar-refractivity contribution in [1.29, 1.82) is 0 Å². The van der Waals surface area contributed by atoms with Crippen molar-refractivity contribution in [3.8, 4) is 0 Å². The molecule has 2 heterocycles. The van der Waals surface area contributed by atoms with Crippen molar-refractivity contribution in [1.82, 2.24) is 9.80 Å². The van der Waals surface area contributed by atoms with Crippen molar-refractivity contribution in [2.75, 3.05) is 45.6 Å². The Morgan fingerprint density at radius 2 is 2.15 bits per heavy atom. The van der Waals surface area contributed by atoms with Crippen molar-refractivity contribution < 1.29 is 9.66 Å². The van der Waals surface area contributed by atoms with Crippen LogP contribution < -0.4 is 0 Å². The lowest BCUT2D eigenvalue weighted by atomic mass is 10.1. The third-order valence-corrected chi connectivity index (χ3v) is 4.69. The van der Waals surface area contributed by atoms with Crippen molar-refractivity contribution in [3.05, 3.63) is 21.3 Å². The average Bonchev–Trinajstić information content (AvgIpc) is 2.82. The van der Waals surface area contributed by atoms with Gasteiger partial charge in [0.25, 0.3) is 6.20 Å². The number of piperazine rings is 1. The van der Waals surface area contributed by atoms with Crippen LogP contribution in [0.2, 0.25) is 0 Å². The van der Waals surface area contributed by atoms with E-state index in [4.69, 9.17) is 4.74 Å². The van der Waals surface area contributed by atoms with E-state index >= 15 is 0 Å². The summed E-state index contributed by atoms with van der Waals surface area (Å²) in [5.41, 5.74) is 0. The fourth-order valence-electron chi connectivity index (χ4n) is 2.90. The number of hydrogen-bond donors (Lipinski definition) is 0. The predicted octanol–water partition coefficient (Wildman–Crippen LogP) is 1.47. The fraction of sp³-hybridized carbons (Fsp3) is 0.846. The molecular weight excluding hydrogens is 278 g/mol. The van der Waals surface area contributed by atoms with Crippen LogP contribution >= 0.6 is 11.8 Å². The molecule has 114 valence electrons. The first kappa shape index (κ1) is 15.6. The molecule has 20 heavy (non-hydrogen) atoms. The maximum absolute atomic E-state index is 10.6. The van der Waals surface area contributed by atoms with Crippen LogP contribution in [0.3, 0.4) is 0 Å². The van der Waals surface area contributed by atoms with Crippen molar-refractivity contribution in [3.63, 3.8) is 0 Å². The van der Waals surface area contributed by atoms with Gasteiger partial charge in [-0.3, -0.25) is 15.0 Å². The van der Waals surface area contributed by atoms with Crippen LogP contribution in [0.1, 0.15) is 13.3 Å². The molecule has 0 aromatic heterocycles. The maximum atomic E-state index is 10.6. The Labute approximate surface area is 124 Å². The zero-order valence-corrected chi connectivity index (χ0v) is 13.0. The first-order chi connectivity index (χ1) is 9.58. The van der Waals surface area contributed by atoms with Crippen LogP contribution in [-0.4, -0.2) is 66.4 Å². The van der Waals surface area contributed by atoms with Crippen LogP contribution in [0.5, 0.6) is 0 Å². The first-order valence-corrected chi connectivity index (χ1v) is 8.29. The standard InChI is InChI=1S/C13H23N3O3S/c1-11-7-12(10-19-11)8-14-3-5-15(6-4-14)13(20-2)9-16(17)18/h9,11-12H,3-8,10H2,1-2H3. The monoisotopic (exact) mass is 301 g/mol. The molecule has 2 aliphatic rings. The van der Waals surface area contributed by atoms with Crippen LogP contribution in [-0.2, 0) is 4.74 Å². The second-order valence-electron chi connectivity index (χ2n) is 5.49. The normalized spacial score (nSPS) is 28.9. The minimum Gasteiger partial charge on any atom is -0.378 e. The summed E-state index contributed by atoms with van der Waals surface area (Å²) in [5.74, 6) is 0.644. The van der Waals surface area contributed by atoms with Crippen LogP contribution in [0, 0.1) is 16.0 Å². The lowest BCUT2D eigenvalue weighted by Gasteiger charge is -2.36. The molecule has 2 fully saturated rings. The van der Waals surface area contributed by atoms with Crippen molar-refractivity contribution in [2.45, 2.75) is 19.4 Å². The van der Waals surface area contributed by atoms with Gasteiger partial charge in [-0.1, -0.05) is 0 Å². The summed E-state index contributed by atoms with van der Waals surface area (Å²) in [6, 6.07) is 0. The molecule has 0 spiro atoms. The summed E-state index contributed by atoms with van der Waals surface area (Å²) in [4.78, 5) is 14.8. The Morgan fingerprint density at radius 3 is 2.65 bits per heavy atom. The van der Waals surface area contributed by atoms with Gasteiger partial charge in [0.2, 0.25) is 0 Å². The van der Waals surface area contributed by atoms with E-state index in [1.54, 1.807) is 0 Å².